The Bertz CT molecular complexity index is 1310. The molecule has 1 N–H and O–H groups in total. The number of benzene rings is 2. The molecule has 0 fully saturated rings. The third-order valence-electron chi connectivity index (χ3n) is 4.82. The summed E-state index contributed by atoms with van der Waals surface area (Å²) in [6.45, 7) is 0.375. The van der Waals surface area contributed by atoms with Gasteiger partial charge in [-0.1, -0.05) is 42.1 Å². The van der Waals surface area contributed by atoms with E-state index < -0.39 is 17.6 Å². The highest BCUT2D eigenvalue weighted by Crippen LogP contribution is 2.37. The van der Waals surface area contributed by atoms with Crippen LogP contribution in [0.3, 0.4) is 0 Å². The van der Waals surface area contributed by atoms with Crippen molar-refractivity contribution in [2.45, 2.75) is 11.2 Å². The number of fused-ring (bicyclic) bond motifs is 1. The van der Waals surface area contributed by atoms with E-state index in [9.17, 15) is 18.0 Å². The molecule has 4 aromatic rings. The van der Waals surface area contributed by atoms with Crippen molar-refractivity contribution in [3.05, 3.63) is 66.5 Å². The first-order valence-corrected chi connectivity index (χ1v) is 12.2. The molecule has 2 heterocycles. The third kappa shape index (κ3) is 6.30. The van der Waals surface area contributed by atoms with Crippen LogP contribution in [0.15, 0.2) is 66.0 Å². The molecule has 11 heteroatoms. The van der Waals surface area contributed by atoms with Crippen LogP contribution < -0.4 is 10.1 Å². The predicted octanol–water partition coefficient (Wildman–Crippen LogP) is 6.13. The Morgan fingerprint density at radius 1 is 1.09 bits per heavy atom. The molecule has 0 spiro atoms. The van der Waals surface area contributed by atoms with Gasteiger partial charge in [-0.2, -0.15) is 13.2 Å². The van der Waals surface area contributed by atoms with E-state index in [2.05, 4.69) is 15.3 Å². The molecule has 2 aromatic heterocycles. The maximum absolute atomic E-state index is 13.2. The van der Waals surface area contributed by atoms with Gasteiger partial charge in [-0.25, -0.2) is 9.97 Å². The summed E-state index contributed by atoms with van der Waals surface area (Å²) in [7, 11) is 1.48. The number of hydrogen-bond donors (Lipinski definition) is 1. The standard InChI is InChI=1S/C24H20F3N3O3S2/c1-32-9-10-33-19-8-7-16(24(25,26)27)11-18(19)30-21(31)13-34-22-17-12-20(15-5-3-2-4-6-15)35-23(17)29-14-28-22/h2-8,11-12,14H,9-10,13H2,1H3,(H,30,31). The number of carbonyl (C=O) groups excluding carboxylic acids is 1. The summed E-state index contributed by atoms with van der Waals surface area (Å²) in [5.41, 5.74) is 0.106. The first kappa shape index (κ1) is 25.0. The van der Waals surface area contributed by atoms with Gasteiger partial charge in [0.25, 0.3) is 0 Å². The highest BCUT2D eigenvalue weighted by atomic mass is 32.2. The van der Waals surface area contributed by atoms with Gasteiger partial charge in [-0.05, 0) is 29.8 Å². The lowest BCUT2D eigenvalue weighted by molar-refractivity contribution is -0.137. The zero-order chi connectivity index (χ0) is 24.8. The normalized spacial score (nSPS) is 11.5. The second-order valence-corrected chi connectivity index (χ2v) is 9.26. The zero-order valence-electron chi connectivity index (χ0n) is 18.5. The van der Waals surface area contributed by atoms with Crippen molar-refractivity contribution in [1.29, 1.82) is 0 Å². The molecular formula is C24H20F3N3O3S2. The SMILES string of the molecule is COCCOc1ccc(C(F)(F)F)cc1NC(=O)CSc1ncnc2sc(-c3ccccc3)cc12. The average molecular weight is 520 g/mol. The second kappa shape index (κ2) is 11.1. The summed E-state index contributed by atoms with van der Waals surface area (Å²) in [6.07, 6.45) is -3.12. The number of aromatic nitrogens is 2. The Kier molecular flexibility index (Phi) is 7.89. The molecule has 0 saturated heterocycles. The number of halogens is 3. The van der Waals surface area contributed by atoms with Crippen molar-refractivity contribution in [1.82, 2.24) is 9.97 Å². The number of anilines is 1. The minimum Gasteiger partial charge on any atom is -0.489 e. The van der Waals surface area contributed by atoms with Crippen molar-refractivity contribution < 1.29 is 27.4 Å². The number of nitrogens with zero attached hydrogens (tertiary/aromatic N) is 2. The van der Waals surface area contributed by atoms with E-state index in [0.29, 0.717) is 5.03 Å². The molecule has 0 aliphatic heterocycles. The smallest absolute Gasteiger partial charge is 0.416 e. The van der Waals surface area contributed by atoms with Gasteiger partial charge < -0.3 is 14.8 Å². The third-order valence-corrected chi connectivity index (χ3v) is 6.91. The van der Waals surface area contributed by atoms with Crippen LogP contribution in [0.5, 0.6) is 5.75 Å². The molecule has 0 atom stereocenters. The van der Waals surface area contributed by atoms with Gasteiger partial charge in [0.1, 0.15) is 28.5 Å². The number of hydrogen-bond acceptors (Lipinski definition) is 7. The number of thiophene rings is 1. The van der Waals surface area contributed by atoms with Gasteiger partial charge in [0.05, 0.1) is 23.6 Å². The Morgan fingerprint density at radius 2 is 1.89 bits per heavy atom. The van der Waals surface area contributed by atoms with Crippen LogP contribution in [0, 0.1) is 0 Å². The molecule has 35 heavy (non-hydrogen) atoms. The molecule has 4 rings (SSSR count). The van der Waals surface area contributed by atoms with Gasteiger partial charge >= 0.3 is 6.18 Å². The molecule has 182 valence electrons. The van der Waals surface area contributed by atoms with Crippen LogP contribution >= 0.6 is 23.1 Å². The fourth-order valence-corrected chi connectivity index (χ4v) is 5.02. The van der Waals surface area contributed by atoms with Crippen LogP contribution in [-0.4, -0.2) is 42.0 Å². The molecule has 0 radical (unpaired) electrons. The fraction of sp³-hybridized carbons (Fsp3) is 0.208. The second-order valence-electron chi connectivity index (χ2n) is 7.26. The lowest BCUT2D eigenvalue weighted by atomic mass is 10.1. The molecule has 0 aliphatic rings. The Morgan fingerprint density at radius 3 is 2.63 bits per heavy atom. The number of methoxy groups -OCH3 is 1. The summed E-state index contributed by atoms with van der Waals surface area (Å²) >= 11 is 2.70. The minimum absolute atomic E-state index is 0.0590. The van der Waals surface area contributed by atoms with Gasteiger partial charge in [0, 0.05) is 17.4 Å². The van der Waals surface area contributed by atoms with Crippen LogP contribution in [0.2, 0.25) is 0 Å². The molecule has 6 nitrogen and oxygen atoms in total. The van der Waals surface area contributed by atoms with Crippen LogP contribution in [0.25, 0.3) is 20.7 Å². The number of carbonyl (C=O) groups is 1. The Labute approximate surface area is 207 Å². The Balaban J connectivity index is 1.49. The lowest BCUT2D eigenvalue weighted by Crippen LogP contribution is -2.17. The van der Waals surface area contributed by atoms with Gasteiger partial charge in [0.2, 0.25) is 5.91 Å². The molecule has 0 aliphatic carbocycles. The summed E-state index contributed by atoms with van der Waals surface area (Å²) < 4.78 is 50.0. The topological polar surface area (TPSA) is 73.3 Å². The summed E-state index contributed by atoms with van der Waals surface area (Å²) in [5, 5.41) is 3.96. The van der Waals surface area contributed by atoms with E-state index in [4.69, 9.17) is 9.47 Å². The van der Waals surface area contributed by atoms with Crippen molar-refractivity contribution in [2.24, 2.45) is 0 Å². The predicted molar refractivity (Wildman–Crippen MR) is 131 cm³/mol. The first-order valence-electron chi connectivity index (χ1n) is 10.4. The van der Waals surface area contributed by atoms with Gasteiger partial charge in [-0.3, -0.25) is 4.79 Å². The van der Waals surface area contributed by atoms with Crippen LogP contribution in [0.1, 0.15) is 5.56 Å². The lowest BCUT2D eigenvalue weighted by Gasteiger charge is -2.15. The summed E-state index contributed by atoms with van der Waals surface area (Å²) in [5.74, 6) is -0.421. The van der Waals surface area contributed by atoms with E-state index in [1.807, 2.05) is 36.4 Å². The average Bonchev–Trinajstić information content (AvgIpc) is 3.29. The van der Waals surface area contributed by atoms with E-state index in [1.54, 1.807) is 0 Å². The molecular weight excluding hydrogens is 499 g/mol. The number of ether oxygens (including phenoxy) is 2. The van der Waals surface area contributed by atoms with Crippen molar-refractivity contribution in [3.8, 4) is 16.2 Å². The quantitative estimate of drug-likeness (QED) is 0.163. The number of alkyl halides is 3. The highest BCUT2D eigenvalue weighted by Gasteiger charge is 2.31. The molecule has 0 saturated carbocycles. The maximum atomic E-state index is 13.2. The molecule has 2 aromatic carbocycles. The van der Waals surface area contributed by atoms with Crippen molar-refractivity contribution in [2.75, 3.05) is 31.4 Å². The highest BCUT2D eigenvalue weighted by molar-refractivity contribution is 8.00. The fourth-order valence-electron chi connectivity index (χ4n) is 3.18. The van der Waals surface area contributed by atoms with Crippen molar-refractivity contribution >= 4 is 44.9 Å². The zero-order valence-corrected chi connectivity index (χ0v) is 20.1. The molecule has 0 bridgehead atoms. The van der Waals surface area contributed by atoms with Crippen LogP contribution in [-0.2, 0) is 15.7 Å². The monoisotopic (exact) mass is 519 g/mol. The summed E-state index contributed by atoms with van der Waals surface area (Å²) in [6, 6.07) is 14.8. The molecule has 1 amide bonds. The number of rotatable bonds is 9. The van der Waals surface area contributed by atoms with E-state index in [1.165, 1.54) is 42.6 Å². The van der Waals surface area contributed by atoms with E-state index >= 15 is 0 Å². The largest absolute Gasteiger partial charge is 0.489 e. The maximum Gasteiger partial charge on any atom is 0.416 e. The minimum atomic E-state index is -4.55. The van der Waals surface area contributed by atoms with E-state index in [-0.39, 0.29) is 30.4 Å². The number of amides is 1. The number of nitrogens with one attached hydrogen (secondary N) is 1. The Hall–Kier alpha value is -3.15. The van der Waals surface area contributed by atoms with E-state index in [0.717, 1.165) is 32.8 Å². The molecule has 0 unspecified atom stereocenters. The summed E-state index contributed by atoms with van der Waals surface area (Å²) in [4.78, 5) is 23.1. The van der Waals surface area contributed by atoms with Gasteiger partial charge in [0.15, 0.2) is 0 Å². The number of thioether (sulfide) groups is 1. The van der Waals surface area contributed by atoms with Crippen molar-refractivity contribution in [3.63, 3.8) is 0 Å². The van der Waals surface area contributed by atoms with Crippen LogP contribution in [0.4, 0.5) is 18.9 Å². The first-order chi connectivity index (χ1) is 16.8. The van der Waals surface area contributed by atoms with Gasteiger partial charge in [-0.15, -0.1) is 11.3 Å².